The summed E-state index contributed by atoms with van der Waals surface area (Å²) in [6, 6.07) is 16.4. The summed E-state index contributed by atoms with van der Waals surface area (Å²) in [5.41, 5.74) is 3.64. The van der Waals surface area contributed by atoms with Gasteiger partial charge in [-0.15, -0.1) is 0 Å². The van der Waals surface area contributed by atoms with Crippen LogP contribution in [0.2, 0.25) is 5.02 Å². The molecule has 1 saturated heterocycles. The highest BCUT2D eigenvalue weighted by atomic mass is 35.5. The second kappa shape index (κ2) is 9.06. The summed E-state index contributed by atoms with van der Waals surface area (Å²) in [7, 11) is 0. The Morgan fingerprint density at radius 3 is 2.50 bits per heavy atom. The van der Waals surface area contributed by atoms with E-state index in [1.807, 2.05) is 23.1 Å². The summed E-state index contributed by atoms with van der Waals surface area (Å²) < 4.78 is 0. The fourth-order valence-corrected chi connectivity index (χ4v) is 3.36. The van der Waals surface area contributed by atoms with E-state index in [4.69, 9.17) is 11.6 Å². The van der Waals surface area contributed by atoms with Crippen LogP contribution in [0.15, 0.2) is 48.5 Å². The van der Waals surface area contributed by atoms with Crippen molar-refractivity contribution in [2.45, 2.75) is 19.9 Å². The van der Waals surface area contributed by atoms with E-state index in [1.54, 1.807) is 0 Å². The molecule has 1 aliphatic rings. The quantitative estimate of drug-likeness (QED) is 0.790. The number of rotatable bonds is 6. The molecule has 0 atom stereocenters. The van der Waals surface area contributed by atoms with Crippen molar-refractivity contribution >= 4 is 23.2 Å². The molecule has 26 heavy (non-hydrogen) atoms. The lowest BCUT2D eigenvalue weighted by Crippen LogP contribution is -2.49. The molecule has 1 heterocycles. The van der Waals surface area contributed by atoms with Crippen LogP contribution in [0.25, 0.3) is 0 Å². The maximum absolute atomic E-state index is 12.4. The summed E-state index contributed by atoms with van der Waals surface area (Å²) >= 11 is 6.07. The van der Waals surface area contributed by atoms with E-state index < -0.39 is 0 Å². The van der Waals surface area contributed by atoms with Gasteiger partial charge in [-0.1, -0.05) is 47.5 Å². The first-order valence-corrected chi connectivity index (χ1v) is 9.54. The summed E-state index contributed by atoms with van der Waals surface area (Å²) in [4.78, 5) is 16.6. The lowest BCUT2D eigenvalue weighted by atomic mass is 10.1. The largest absolute Gasteiger partial charge is 0.368 e. The van der Waals surface area contributed by atoms with Crippen LogP contribution >= 0.6 is 11.6 Å². The molecule has 2 aromatic carbocycles. The minimum absolute atomic E-state index is 0.229. The first kappa shape index (κ1) is 18.7. The standard InChI is InChI=1S/C21H26ClN3O/c1-17-5-7-18(8-6-17)16-23-10-9-21(26)25-13-11-24(12-14-25)20-4-2-3-19(22)15-20/h2-8,15,23H,9-14,16H2,1H3. The van der Waals surface area contributed by atoms with Crippen LogP contribution in [-0.2, 0) is 11.3 Å². The van der Waals surface area contributed by atoms with Crippen molar-refractivity contribution in [1.82, 2.24) is 10.2 Å². The van der Waals surface area contributed by atoms with E-state index in [-0.39, 0.29) is 5.91 Å². The zero-order chi connectivity index (χ0) is 18.4. The van der Waals surface area contributed by atoms with Gasteiger partial charge in [0.1, 0.15) is 0 Å². The number of anilines is 1. The molecule has 0 saturated carbocycles. The van der Waals surface area contributed by atoms with Crippen molar-refractivity contribution in [2.75, 3.05) is 37.6 Å². The van der Waals surface area contributed by atoms with Gasteiger partial charge in [-0.3, -0.25) is 4.79 Å². The third kappa shape index (κ3) is 5.23. The number of hydrogen-bond donors (Lipinski definition) is 1. The first-order valence-electron chi connectivity index (χ1n) is 9.16. The molecular weight excluding hydrogens is 346 g/mol. The maximum atomic E-state index is 12.4. The molecular formula is C21H26ClN3O. The van der Waals surface area contributed by atoms with Crippen LogP contribution in [0.5, 0.6) is 0 Å². The lowest BCUT2D eigenvalue weighted by Gasteiger charge is -2.36. The molecule has 0 radical (unpaired) electrons. The number of carbonyl (C=O) groups is 1. The molecule has 1 fully saturated rings. The molecule has 2 aromatic rings. The van der Waals surface area contributed by atoms with Gasteiger partial charge in [-0.05, 0) is 30.7 Å². The van der Waals surface area contributed by atoms with Gasteiger partial charge in [0, 0.05) is 56.4 Å². The number of aryl methyl sites for hydroxylation is 1. The second-order valence-corrected chi connectivity index (χ2v) is 7.20. The van der Waals surface area contributed by atoms with Gasteiger partial charge in [-0.2, -0.15) is 0 Å². The number of piperazine rings is 1. The highest BCUT2D eigenvalue weighted by Gasteiger charge is 2.20. The zero-order valence-corrected chi connectivity index (χ0v) is 16.0. The van der Waals surface area contributed by atoms with Crippen molar-refractivity contribution in [2.24, 2.45) is 0 Å². The summed E-state index contributed by atoms with van der Waals surface area (Å²) in [6.45, 7) is 6.83. The van der Waals surface area contributed by atoms with E-state index in [0.717, 1.165) is 43.4 Å². The average Bonchev–Trinajstić information content (AvgIpc) is 2.66. The lowest BCUT2D eigenvalue weighted by molar-refractivity contribution is -0.131. The Morgan fingerprint density at radius 1 is 1.08 bits per heavy atom. The topological polar surface area (TPSA) is 35.6 Å². The second-order valence-electron chi connectivity index (χ2n) is 6.76. The van der Waals surface area contributed by atoms with Crippen molar-refractivity contribution in [1.29, 1.82) is 0 Å². The Labute approximate surface area is 160 Å². The van der Waals surface area contributed by atoms with Gasteiger partial charge in [0.25, 0.3) is 0 Å². The third-order valence-electron chi connectivity index (χ3n) is 4.77. The van der Waals surface area contributed by atoms with E-state index in [9.17, 15) is 4.79 Å². The van der Waals surface area contributed by atoms with E-state index in [1.165, 1.54) is 11.1 Å². The normalized spacial score (nSPS) is 14.5. The summed E-state index contributed by atoms with van der Waals surface area (Å²) in [6.07, 6.45) is 0.545. The van der Waals surface area contributed by atoms with E-state index >= 15 is 0 Å². The maximum Gasteiger partial charge on any atom is 0.223 e. The molecule has 0 unspecified atom stereocenters. The average molecular weight is 372 g/mol. The molecule has 1 amide bonds. The molecule has 0 aliphatic carbocycles. The number of carbonyl (C=O) groups excluding carboxylic acids is 1. The van der Waals surface area contributed by atoms with Crippen LogP contribution in [0.3, 0.4) is 0 Å². The van der Waals surface area contributed by atoms with Crippen LogP contribution in [0.1, 0.15) is 17.5 Å². The van der Waals surface area contributed by atoms with Gasteiger partial charge in [-0.25, -0.2) is 0 Å². The number of hydrogen-bond acceptors (Lipinski definition) is 3. The molecule has 0 spiro atoms. The molecule has 138 valence electrons. The number of halogens is 1. The monoisotopic (exact) mass is 371 g/mol. The van der Waals surface area contributed by atoms with Gasteiger partial charge in [0.2, 0.25) is 5.91 Å². The van der Waals surface area contributed by atoms with Gasteiger partial charge in [0.05, 0.1) is 0 Å². The molecule has 4 nitrogen and oxygen atoms in total. The predicted molar refractivity (Wildman–Crippen MR) is 108 cm³/mol. The highest BCUT2D eigenvalue weighted by Crippen LogP contribution is 2.20. The van der Waals surface area contributed by atoms with Crippen molar-refractivity contribution in [3.8, 4) is 0 Å². The minimum atomic E-state index is 0.229. The number of benzene rings is 2. The Bertz CT molecular complexity index is 724. The molecule has 0 aromatic heterocycles. The van der Waals surface area contributed by atoms with Gasteiger partial charge in [0.15, 0.2) is 0 Å². The smallest absolute Gasteiger partial charge is 0.223 e. The number of amides is 1. The van der Waals surface area contributed by atoms with Crippen molar-refractivity contribution in [3.63, 3.8) is 0 Å². The molecule has 0 bridgehead atoms. The Hall–Kier alpha value is -2.04. The Morgan fingerprint density at radius 2 is 1.81 bits per heavy atom. The number of nitrogens with one attached hydrogen (secondary N) is 1. The fourth-order valence-electron chi connectivity index (χ4n) is 3.18. The molecule has 1 aliphatic heterocycles. The molecule has 3 rings (SSSR count). The fraction of sp³-hybridized carbons (Fsp3) is 0.381. The first-order chi connectivity index (χ1) is 12.6. The zero-order valence-electron chi connectivity index (χ0n) is 15.2. The van der Waals surface area contributed by atoms with Crippen molar-refractivity contribution in [3.05, 3.63) is 64.7 Å². The van der Waals surface area contributed by atoms with E-state index in [0.29, 0.717) is 13.0 Å². The van der Waals surface area contributed by atoms with Crippen LogP contribution in [0, 0.1) is 6.92 Å². The van der Waals surface area contributed by atoms with Crippen molar-refractivity contribution < 1.29 is 4.79 Å². The minimum Gasteiger partial charge on any atom is -0.368 e. The van der Waals surface area contributed by atoms with Gasteiger partial charge < -0.3 is 15.1 Å². The van der Waals surface area contributed by atoms with Crippen LogP contribution in [0.4, 0.5) is 5.69 Å². The SMILES string of the molecule is Cc1ccc(CNCCC(=O)N2CCN(c3cccc(Cl)c3)CC2)cc1. The molecule has 1 N–H and O–H groups in total. The Kier molecular flexibility index (Phi) is 6.53. The predicted octanol–water partition coefficient (Wildman–Crippen LogP) is 3.48. The summed E-state index contributed by atoms with van der Waals surface area (Å²) in [5, 5.41) is 4.11. The highest BCUT2D eigenvalue weighted by molar-refractivity contribution is 6.30. The third-order valence-corrected chi connectivity index (χ3v) is 5.01. The number of nitrogens with zero attached hydrogens (tertiary/aromatic N) is 2. The molecule has 5 heteroatoms. The van der Waals surface area contributed by atoms with E-state index in [2.05, 4.69) is 47.5 Å². The van der Waals surface area contributed by atoms with Crippen LogP contribution in [-0.4, -0.2) is 43.5 Å². The Balaban J connectivity index is 1.37. The summed E-state index contributed by atoms with van der Waals surface area (Å²) in [5.74, 6) is 0.229. The van der Waals surface area contributed by atoms with Gasteiger partial charge >= 0.3 is 0 Å². The van der Waals surface area contributed by atoms with Crippen LogP contribution < -0.4 is 10.2 Å².